The van der Waals surface area contributed by atoms with Crippen molar-refractivity contribution < 1.29 is 22.4 Å². The van der Waals surface area contributed by atoms with Crippen LogP contribution < -0.4 is 14.2 Å². The van der Waals surface area contributed by atoms with Gasteiger partial charge in [0.2, 0.25) is 21.7 Å². The standard InChI is InChI=1S/C18H18BrN3O5S/c1-25-15-7-6-13(9-16(15)26-2)18-21-17(27-22-18)10-20-28(23,24)11-12-4-3-5-14(19)8-12/h3-9,20H,10-11H2,1-2H3. The second kappa shape index (κ2) is 8.72. The van der Waals surface area contributed by atoms with Crippen LogP contribution in [0.4, 0.5) is 0 Å². The minimum Gasteiger partial charge on any atom is -0.493 e. The van der Waals surface area contributed by atoms with Gasteiger partial charge in [-0.25, -0.2) is 13.1 Å². The molecular formula is C18H18BrN3O5S. The van der Waals surface area contributed by atoms with E-state index in [1.165, 1.54) is 7.11 Å². The van der Waals surface area contributed by atoms with E-state index in [1.807, 2.05) is 6.07 Å². The molecule has 0 aliphatic heterocycles. The van der Waals surface area contributed by atoms with Gasteiger partial charge in [-0.1, -0.05) is 33.2 Å². The number of sulfonamides is 1. The van der Waals surface area contributed by atoms with Gasteiger partial charge in [-0.3, -0.25) is 0 Å². The lowest BCUT2D eigenvalue weighted by atomic mass is 10.2. The second-order valence-corrected chi connectivity index (χ2v) is 8.51. The monoisotopic (exact) mass is 467 g/mol. The Bertz CT molecular complexity index is 1070. The van der Waals surface area contributed by atoms with Gasteiger partial charge in [0.05, 0.1) is 26.5 Å². The van der Waals surface area contributed by atoms with Crippen molar-refractivity contribution >= 4 is 26.0 Å². The molecule has 8 nitrogen and oxygen atoms in total. The first-order chi connectivity index (χ1) is 13.4. The van der Waals surface area contributed by atoms with Gasteiger partial charge in [0.1, 0.15) is 0 Å². The third kappa shape index (κ3) is 5.09. The summed E-state index contributed by atoms with van der Waals surface area (Å²) in [5.41, 5.74) is 1.32. The Labute approximate surface area is 171 Å². The number of methoxy groups -OCH3 is 2. The lowest BCUT2D eigenvalue weighted by molar-refractivity contribution is 0.355. The normalized spacial score (nSPS) is 11.4. The molecule has 0 fully saturated rings. The predicted octanol–water partition coefficient (Wildman–Crippen LogP) is 3.14. The van der Waals surface area contributed by atoms with E-state index in [0.717, 1.165) is 4.47 Å². The molecule has 0 amide bonds. The molecule has 1 aromatic heterocycles. The molecular weight excluding hydrogens is 450 g/mol. The van der Waals surface area contributed by atoms with E-state index in [4.69, 9.17) is 14.0 Å². The van der Waals surface area contributed by atoms with E-state index in [0.29, 0.717) is 28.5 Å². The summed E-state index contributed by atoms with van der Waals surface area (Å²) in [5, 5.41) is 3.89. The lowest BCUT2D eigenvalue weighted by Gasteiger charge is -2.07. The summed E-state index contributed by atoms with van der Waals surface area (Å²) in [4.78, 5) is 4.23. The Balaban J connectivity index is 1.68. The van der Waals surface area contributed by atoms with Gasteiger partial charge in [-0.05, 0) is 35.9 Å². The van der Waals surface area contributed by atoms with Crippen LogP contribution in [0.1, 0.15) is 11.5 Å². The molecule has 0 unspecified atom stereocenters. The third-order valence-electron chi connectivity index (χ3n) is 3.80. The molecule has 0 saturated carbocycles. The van der Waals surface area contributed by atoms with Crippen LogP contribution in [0.3, 0.4) is 0 Å². The number of hydrogen-bond acceptors (Lipinski definition) is 7. The van der Waals surface area contributed by atoms with Crippen molar-refractivity contribution in [1.82, 2.24) is 14.9 Å². The highest BCUT2D eigenvalue weighted by Gasteiger charge is 2.16. The van der Waals surface area contributed by atoms with Crippen LogP contribution in [0.15, 0.2) is 51.5 Å². The van der Waals surface area contributed by atoms with Gasteiger partial charge < -0.3 is 14.0 Å². The number of ether oxygens (including phenoxy) is 2. The van der Waals surface area contributed by atoms with Crippen LogP contribution in [0.25, 0.3) is 11.4 Å². The first-order valence-electron chi connectivity index (χ1n) is 8.17. The van der Waals surface area contributed by atoms with Gasteiger partial charge >= 0.3 is 0 Å². The molecule has 148 valence electrons. The summed E-state index contributed by atoms with van der Waals surface area (Å²) in [6, 6.07) is 12.3. The van der Waals surface area contributed by atoms with Crippen molar-refractivity contribution in [3.8, 4) is 22.9 Å². The molecule has 1 heterocycles. The Morgan fingerprint density at radius 2 is 1.89 bits per heavy atom. The molecule has 0 bridgehead atoms. The number of nitrogens with one attached hydrogen (secondary N) is 1. The molecule has 0 aliphatic carbocycles. The maximum absolute atomic E-state index is 12.3. The van der Waals surface area contributed by atoms with Crippen LogP contribution in [-0.4, -0.2) is 32.8 Å². The van der Waals surface area contributed by atoms with Crippen LogP contribution in [0.5, 0.6) is 11.5 Å². The van der Waals surface area contributed by atoms with Crippen LogP contribution in [0, 0.1) is 0 Å². The molecule has 0 radical (unpaired) electrons. The van der Waals surface area contributed by atoms with Crippen molar-refractivity contribution in [2.75, 3.05) is 14.2 Å². The smallest absolute Gasteiger partial charge is 0.242 e. The van der Waals surface area contributed by atoms with E-state index in [2.05, 4.69) is 30.8 Å². The van der Waals surface area contributed by atoms with Crippen molar-refractivity contribution in [2.24, 2.45) is 0 Å². The zero-order valence-corrected chi connectivity index (χ0v) is 17.6. The Morgan fingerprint density at radius 1 is 1.11 bits per heavy atom. The fraction of sp³-hybridized carbons (Fsp3) is 0.222. The van der Waals surface area contributed by atoms with E-state index in [9.17, 15) is 8.42 Å². The number of halogens is 1. The molecule has 10 heteroatoms. The van der Waals surface area contributed by atoms with Crippen molar-refractivity contribution in [3.63, 3.8) is 0 Å². The number of benzene rings is 2. The van der Waals surface area contributed by atoms with E-state index in [1.54, 1.807) is 43.5 Å². The quantitative estimate of drug-likeness (QED) is 0.542. The molecule has 1 N–H and O–H groups in total. The zero-order chi connectivity index (χ0) is 20.1. The summed E-state index contributed by atoms with van der Waals surface area (Å²) in [6.07, 6.45) is 0. The lowest BCUT2D eigenvalue weighted by Crippen LogP contribution is -2.24. The van der Waals surface area contributed by atoms with Crippen molar-refractivity contribution in [3.05, 3.63) is 58.4 Å². The van der Waals surface area contributed by atoms with E-state index in [-0.39, 0.29) is 18.2 Å². The Kier molecular flexibility index (Phi) is 6.32. The summed E-state index contributed by atoms with van der Waals surface area (Å²) in [7, 11) is -0.483. The SMILES string of the molecule is COc1ccc(-c2noc(CNS(=O)(=O)Cc3cccc(Br)c3)n2)cc1OC. The van der Waals surface area contributed by atoms with Gasteiger partial charge in [0.15, 0.2) is 11.5 Å². The van der Waals surface area contributed by atoms with Gasteiger partial charge in [0.25, 0.3) is 0 Å². The molecule has 0 atom stereocenters. The van der Waals surface area contributed by atoms with E-state index >= 15 is 0 Å². The van der Waals surface area contributed by atoms with Crippen LogP contribution in [0.2, 0.25) is 0 Å². The number of rotatable bonds is 8. The van der Waals surface area contributed by atoms with Gasteiger partial charge in [-0.15, -0.1) is 0 Å². The zero-order valence-electron chi connectivity index (χ0n) is 15.2. The number of aromatic nitrogens is 2. The summed E-state index contributed by atoms with van der Waals surface area (Å²) < 4.78 is 43.4. The fourth-order valence-electron chi connectivity index (χ4n) is 2.49. The number of hydrogen-bond donors (Lipinski definition) is 1. The van der Waals surface area contributed by atoms with Crippen LogP contribution >= 0.6 is 15.9 Å². The average molecular weight is 468 g/mol. The topological polar surface area (TPSA) is 104 Å². The first kappa shape index (κ1) is 20.3. The molecule has 0 saturated heterocycles. The highest BCUT2D eigenvalue weighted by atomic mass is 79.9. The second-order valence-electron chi connectivity index (χ2n) is 5.79. The highest BCUT2D eigenvalue weighted by Crippen LogP contribution is 2.31. The predicted molar refractivity (Wildman–Crippen MR) is 106 cm³/mol. The summed E-state index contributed by atoms with van der Waals surface area (Å²) >= 11 is 3.32. The minimum atomic E-state index is -3.56. The van der Waals surface area contributed by atoms with E-state index < -0.39 is 10.0 Å². The summed E-state index contributed by atoms with van der Waals surface area (Å²) in [6.45, 7) is -0.101. The molecule has 0 aliphatic rings. The molecule has 3 aromatic rings. The average Bonchev–Trinajstić information content (AvgIpc) is 3.15. The number of nitrogens with zero attached hydrogens (tertiary/aromatic N) is 2. The first-order valence-corrected chi connectivity index (χ1v) is 10.6. The molecule has 28 heavy (non-hydrogen) atoms. The van der Waals surface area contributed by atoms with Crippen molar-refractivity contribution in [2.45, 2.75) is 12.3 Å². The molecule has 2 aromatic carbocycles. The van der Waals surface area contributed by atoms with Crippen LogP contribution in [-0.2, 0) is 22.3 Å². The highest BCUT2D eigenvalue weighted by molar-refractivity contribution is 9.10. The van der Waals surface area contributed by atoms with Crippen molar-refractivity contribution in [1.29, 1.82) is 0 Å². The van der Waals surface area contributed by atoms with Gasteiger partial charge in [0, 0.05) is 10.0 Å². The summed E-state index contributed by atoms with van der Waals surface area (Å²) in [5.74, 6) is 1.43. The third-order valence-corrected chi connectivity index (χ3v) is 5.59. The maximum Gasteiger partial charge on any atom is 0.242 e. The van der Waals surface area contributed by atoms with Gasteiger partial charge in [-0.2, -0.15) is 4.98 Å². The fourth-order valence-corrected chi connectivity index (χ4v) is 4.00. The Morgan fingerprint density at radius 3 is 2.61 bits per heavy atom. The maximum atomic E-state index is 12.3. The minimum absolute atomic E-state index is 0.101. The largest absolute Gasteiger partial charge is 0.493 e. The Hall–Kier alpha value is -2.43. The molecule has 0 spiro atoms. The molecule has 3 rings (SSSR count).